The van der Waals surface area contributed by atoms with E-state index in [1.54, 1.807) is 24.9 Å². The van der Waals surface area contributed by atoms with Gasteiger partial charge in [0, 0.05) is 26.7 Å². The van der Waals surface area contributed by atoms with Crippen LogP contribution in [0.4, 0.5) is 18.0 Å². The number of fused-ring (bicyclic) bond motifs is 1. The summed E-state index contributed by atoms with van der Waals surface area (Å²) < 4.78 is 38.4. The Balaban J connectivity index is 1.78. The minimum atomic E-state index is -4.41. The van der Waals surface area contributed by atoms with E-state index in [0.29, 0.717) is 18.7 Å². The van der Waals surface area contributed by atoms with Crippen molar-refractivity contribution in [3.63, 3.8) is 0 Å². The van der Waals surface area contributed by atoms with Gasteiger partial charge in [0.1, 0.15) is 6.04 Å². The molecule has 0 N–H and O–H groups in total. The smallest absolute Gasteiger partial charge is 0.342 e. The molecule has 0 radical (unpaired) electrons. The van der Waals surface area contributed by atoms with E-state index in [0.717, 1.165) is 12.1 Å². The molecule has 0 spiro atoms. The zero-order valence-corrected chi connectivity index (χ0v) is 13.4. The number of carbonyl (C=O) groups excluding carboxylic acids is 2. The molecule has 0 unspecified atom stereocenters. The van der Waals surface area contributed by atoms with Crippen molar-refractivity contribution >= 4 is 11.9 Å². The molecule has 3 amide bonds. The Morgan fingerprint density at radius 2 is 1.92 bits per heavy atom. The minimum Gasteiger partial charge on any atom is -0.342 e. The Labute approximate surface area is 137 Å². The normalized spacial score (nSPS) is 24.6. The Morgan fingerprint density at radius 3 is 2.58 bits per heavy atom. The number of hydrogen-bond donors (Lipinski definition) is 0. The molecule has 0 aliphatic carbocycles. The van der Waals surface area contributed by atoms with Crippen molar-refractivity contribution in [2.24, 2.45) is 0 Å². The van der Waals surface area contributed by atoms with Gasteiger partial charge in [-0.3, -0.25) is 4.79 Å². The Bertz CT molecular complexity index is 677. The third kappa shape index (κ3) is 2.81. The molecule has 2 saturated heterocycles. The molecule has 2 aliphatic rings. The number of halogens is 3. The van der Waals surface area contributed by atoms with Crippen LogP contribution in [-0.4, -0.2) is 58.9 Å². The van der Waals surface area contributed by atoms with E-state index in [2.05, 4.69) is 0 Å². The van der Waals surface area contributed by atoms with E-state index in [1.807, 2.05) is 0 Å². The number of benzene rings is 1. The van der Waals surface area contributed by atoms with Gasteiger partial charge in [0.25, 0.3) is 0 Å². The highest BCUT2D eigenvalue weighted by Crippen LogP contribution is 2.31. The fraction of sp³-hybridized carbons (Fsp3) is 0.500. The number of alkyl halides is 3. The molecule has 2 atom stereocenters. The molecule has 0 saturated carbocycles. The lowest BCUT2D eigenvalue weighted by atomic mass is 10.1. The number of carbonyl (C=O) groups is 2. The van der Waals surface area contributed by atoms with Gasteiger partial charge < -0.3 is 14.7 Å². The van der Waals surface area contributed by atoms with E-state index in [9.17, 15) is 22.8 Å². The lowest BCUT2D eigenvalue weighted by Gasteiger charge is -2.38. The predicted molar refractivity (Wildman–Crippen MR) is 80.0 cm³/mol. The Hall–Kier alpha value is -2.25. The van der Waals surface area contributed by atoms with Gasteiger partial charge in [-0.25, -0.2) is 4.79 Å². The van der Waals surface area contributed by atoms with Crippen LogP contribution in [0.2, 0.25) is 0 Å². The molecule has 3 rings (SSSR count). The summed E-state index contributed by atoms with van der Waals surface area (Å²) in [5.74, 6) is -0.125. The van der Waals surface area contributed by atoms with Gasteiger partial charge in [0.15, 0.2) is 0 Å². The van der Waals surface area contributed by atoms with Gasteiger partial charge in [-0.05, 0) is 24.6 Å². The molecule has 2 aliphatic heterocycles. The molecule has 2 heterocycles. The fourth-order valence-electron chi connectivity index (χ4n) is 3.41. The van der Waals surface area contributed by atoms with Crippen LogP contribution in [0.25, 0.3) is 0 Å². The highest BCUT2D eigenvalue weighted by molar-refractivity contribution is 5.89. The number of piperazine rings is 1. The second-order valence-corrected chi connectivity index (χ2v) is 6.32. The van der Waals surface area contributed by atoms with Crippen molar-refractivity contribution < 1.29 is 22.8 Å². The summed E-state index contributed by atoms with van der Waals surface area (Å²) in [6, 6.07) is 4.01. The number of urea groups is 1. The van der Waals surface area contributed by atoms with Crippen LogP contribution in [0.3, 0.4) is 0 Å². The fourth-order valence-corrected chi connectivity index (χ4v) is 3.41. The van der Waals surface area contributed by atoms with Crippen molar-refractivity contribution in [2.45, 2.75) is 31.7 Å². The molecule has 8 heteroatoms. The van der Waals surface area contributed by atoms with Crippen molar-refractivity contribution in [3.05, 3.63) is 35.4 Å². The summed E-state index contributed by atoms with van der Waals surface area (Å²) in [5.41, 5.74) is -0.307. The molecule has 24 heavy (non-hydrogen) atoms. The molecule has 130 valence electrons. The van der Waals surface area contributed by atoms with Gasteiger partial charge in [0.05, 0.1) is 11.6 Å². The first kappa shape index (κ1) is 16.6. The molecule has 1 aromatic carbocycles. The van der Waals surface area contributed by atoms with Crippen LogP contribution in [0.5, 0.6) is 0 Å². The summed E-state index contributed by atoms with van der Waals surface area (Å²) in [6.45, 7) is 2.61. The van der Waals surface area contributed by atoms with E-state index in [1.165, 1.54) is 15.9 Å². The van der Waals surface area contributed by atoms with E-state index in [-0.39, 0.29) is 24.5 Å². The Morgan fingerprint density at radius 1 is 1.21 bits per heavy atom. The topological polar surface area (TPSA) is 43.9 Å². The van der Waals surface area contributed by atoms with Crippen molar-refractivity contribution in [1.29, 1.82) is 0 Å². The van der Waals surface area contributed by atoms with Crippen molar-refractivity contribution in [3.8, 4) is 0 Å². The zero-order chi connectivity index (χ0) is 17.6. The number of hydrogen-bond acceptors (Lipinski definition) is 2. The predicted octanol–water partition coefficient (Wildman–Crippen LogP) is 2.17. The molecular formula is C16H18F3N3O2. The minimum absolute atomic E-state index is 0.0976. The largest absolute Gasteiger partial charge is 0.416 e. The quantitative estimate of drug-likeness (QED) is 0.828. The van der Waals surface area contributed by atoms with Gasteiger partial charge in [-0.15, -0.1) is 0 Å². The standard InChI is InChI=1S/C16H18F3N3O2/c1-10-14(23)20(2)8-13-9-21(15(24)22(10)13)7-11-4-3-5-12(6-11)16(17,18)19/h3-6,10,13H,7-9H2,1-2H3/t10-,13-/m0/s1. The maximum Gasteiger partial charge on any atom is 0.416 e. The number of nitrogens with zero attached hydrogens (tertiary/aromatic N) is 3. The molecular weight excluding hydrogens is 323 g/mol. The first-order valence-corrected chi connectivity index (χ1v) is 7.67. The van der Waals surface area contributed by atoms with Crippen LogP contribution >= 0.6 is 0 Å². The van der Waals surface area contributed by atoms with Gasteiger partial charge >= 0.3 is 12.2 Å². The zero-order valence-electron chi connectivity index (χ0n) is 13.4. The van der Waals surface area contributed by atoms with Gasteiger partial charge in [-0.1, -0.05) is 12.1 Å². The van der Waals surface area contributed by atoms with E-state index in [4.69, 9.17) is 0 Å². The third-order valence-electron chi connectivity index (χ3n) is 4.58. The monoisotopic (exact) mass is 341 g/mol. The van der Waals surface area contributed by atoms with Crippen LogP contribution < -0.4 is 0 Å². The molecule has 0 aromatic heterocycles. The summed E-state index contributed by atoms with van der Waals surface area (Å²) in [4.78, 5) is 29.2. The highest BCUT2D eigenvalue weighted by atomic mass is 19.4. The molecule has 1 aromatic rings. The number of likely N-dealkylation sites (N-methyl/N-ethyl adjacent to an activating group) is 1. The summed E-state index contributed by atoms with van der Waals surface area (Å²) in [5, 5.41) is 0. The maximum atomic E-state index is 12.8. The third-order valence-corrected chi connectivity index (χ3v) is 4.58. The summed E-state index contributed by atoms with van der Waals surface area (Å²) >= 11 is 0. The van der Waals surface area contributed by atoms with Crippen molar-refractivity contribution in [1.82, 2.24) is 14.7 Å². The second-order valence-electron chi connectivity index (χ2n) is 6.32. The van der Waals surface area contributed by atoms with Crippen LogP contribution in [-0.2, 0) is 17.5 Å². The van der Waals surface area contributed by atoms with Crippen LogP contribution in [0, 0.1) is 0 Å². The first-order chi connectivity index (χ1) is 11.2. The SMILES string of the molecule is C[C@H]1C(=O)N(C)C[C@H]2CN(Cc3cccc(C(F)(F)F)c3)C(=O)N21. The molecule has 2 fully saturated rings. The average molecular weight is 341 g/mol. The lowest BCUT2D eigenvalue weighted by Crippen LogP contribution is -2.58. The maximum absolute atomic E-state index is 12.8. The van der Waals surface area contributed by atoms with Crippen molar-refractivity contribution in [2.75, 3.05) is 20.1 Å². The summed E-state index contributed by atoms with van der Waals surface area (Å²) in [6.07, 6.45) is -4.41. The highest BCUT2D eigenvalue weighted by Gasteiger charge is 2.46. The first-order valence-electron chi connectivity index (χ1n) is 7.67. The average Bonchev–Trinajstić information content (AvgIpc) is 2.80. The van der Waals surface area contributed by atoms with E-state index >= 15 is 0 Å². The molecule has 5 nitrogen and oxygen atoms in total. The Kier molecular flexibility index (Phi) is 3.93. The van der Waals surface area contributed by atoms with E-state index < -0.39 is 17.8 Å². The van der Waals surface area contributed by atoms with Gasteiger partial charge in [-0.2, -0.15) is 13.2 Å². The second kappa shape index (κ2) is 5.68. The summed E-state index contributed by atoms with van der Waals surface area (Å²) in [7, 11) is 1.69. The van der Waals surface area contributed by atoms with Crippen LogP contribution in [0.15, 0.2) is 24.3 Å². The van der Waals surface area contributed by atoms with Gasteiger partial charge in [0.2, 0.25) is 5.91 Å². The lowest BCUT2D eigenvalue weighted by molar-refractivity contribution is -0.139. The van der Waals surface area contributed by atoms with Crippen LogP contribution in [0.1, 0.15) is 18.1 Å². The number of amides is 3. The molecule has 0 bridgehead atoms. The number of rotatable bonds is 2.